The van der Waals surface area contributed by atoms with Crippen LogP contribution < -0.4 is 31.9 Å². The van der Waals surface area contributed by atoms with Gasteiger partial charge in [-0.1, -0.05) is 128 Å². The summed E-state index contributed by atoms with van der Waals surface area (Å²) in [6, 6.07) is 7.20. The van der Waals surface area contributed by atoms with Crippen LogP contribution in [0.3, 0.4) is 0 Å². The van der Waals surface area contributed by atoms with Crippen LogP contribution in [0.15, 0.2) is 78.9 Å². The second-order valence-electron chi connectivity index (χ2n) is 20.5. The quantitative estimate of drug-likeness (QED) is 0.0333. The van der Waals surface area contributed by atoms with E-state index >= 15 is 0 Å². The van der Waals surface area contributed by atoms with E-state index in [9.17, 15) is 58.8 Å². The number of carbonyl (C=O) groups is 8. The lowest BCUT2D eigenvalue weighted by molar-refractivity contribution is -0.156. The monoisotopic (exact) mass is 1060 g/mol. The van der Waals surface area contributed by atoms with Crippen molar-refractivity contribution in [2.75, 3.05) is 20.3 Å². The Morgan fingerprint density at radius 2 is 1.36 bits per heavy atom. The summed E-state index contributed by atoms with van der Waals surface area (Å²) in [5.74, 6) is -6.87. The van der Waals surface area contributed by atoms with Crippen LogP contribution in [-0.4, -0.2) is 147 Å². The van der Waals surface area contributed by atoms with Crippen LogP contribution in [-0.2, 0) is 55.9 Å². The first-order chi connectivity index (χ1) is 36.0. The lowest BCUT2D eigenvalue weighted by Gasteiger charge is -2.32. The maximum absolute atomic E-state index is 13.9. The van der Waals surface area contributed by atoms with Crippen molar-refractivity contribution < 1.29 is 63.5 Å². The smallest absolute Gasteiger partial charge is 0.329 e. The van der Waals surface area contributed by atoms with Gasteiger partial charge in [0.15, 0.2) is 0 Å². The number of aromatic hydroxyl groups is 1. The van der Waals surface area contributed by atoms with E-state index in [0.717, 1.165) is 43.7 Å². The number of unbranched alkanes of at least 4 members (excludes halogenated alkanes) is 4. The number of hydrogen-bond acceptors (Lipinski definition) is 13. The molecular formula is C56H83N7O13. The molecule has 0 saturated heterocycles. The number of cyclic esters (lactones) is 1. The Bertz CT molecular complexity index is 2260. The van der Waals surface area contributed by atoms with Gasteiger partial charge in [-0.2, -0.15) is 0 Å². The fourth-order valence-electron chi connectivity index (χ4n) is 8.36. The Kier molecular flexibility index (Phi) is 27.4. The molecule has 76 heavy (non-hydrogen) atoms. The third kappa shape index (κ3) is 21.9. The summed E-state index contributed by atoms with van der Waals surface area (Å²) in [7, 11) is 1.42. The van der Waals surface area contributed by atoms with Crippen LogP contribution in [0.1, 0.15) is 111 Å². The summed E-state index contributed by atoms with van der Waals surface area (Å²) >= 11 is 0. The van der Waals surface area contributed by atoms with Gasteiger partial charge in [-0.05, 0) is 60.3 Å². The summed E-state index contributed by atoms with van der Waals surface area (Å²) in [6.07, 6.45) is 7.51. The van der Waals surface area contributed by atoms with E-state index in [-0.39, 0.29) is 36.8 Å². The van der Waals surface area contributed by atoms with Crippen LogP contribution in [0, 0.1) is 17.8 Å². The Hall–Kier alpha value is -6.64. The normalized spacial score (nSPS) is 18.8. The molecule has 7 amide bonds. The first kappa shape index (κ1) is 63.7. The third-order valence-corrected chi connectivity index (χ3v) is 13.0. The van der Waals surface area contributed by atoms with Gasteiger partial charge in [-0.15, -0.1) is 0 Å². The number of rotatable bonds is 28. The molecule has 0 aromatic heterocycles. The number of amides is 7. The van der Waals surface area contributed by atoms with Crippen molar-refractivity contribution >= 4 is 47.3 Å². The van der Waals surface area contributed by atoms with Gasteiger partial charge in [0.1, 0.15) is 36.5 Å². The number of esters is 1. The molecule has 420 valence electrons. The first-order valence-electron chi connectivity index (χ1n) is 26.4. The fourth-order valence-corrected chi connectivity index (χ4v) is 8.36. The maximum atomic E-state index is 13.9. The number of nitrogens with zero attached hydrogens (tertiary/aromatic N) is 1. The number of aliphatic hydroxyl groups excluding tert-OH is 3. The zero-order chi connectivity index (χ0) is 56.5. The number of likely N-dealkylation sites (N-methyl/N-ethyl adjacent to an activating group) is 1. The minimum Gasteiger partial charge on any atom is -0.508 e. The van der Waals surface area contributed by atoms with Gasteiger partial charge in [-0.3, -0.25) is 33.6 Å². The molecule has 0 saturated carbocycles. The van der Waals surface area contributed by atoms with E-state index in [2.05, 4.69) is 38.8 Å². The number of allylic oxidation sites excluding steroid dienone is 1. The summed E-state index contributed by atoms with van der Waals surface area (Å²) in [5.41, 5.74) is 1.42. The van der Waals surface area contributed by atoms with Crippen molar-refractivity contribution in [1.82, 2.24) is 36.8 Å². The summed E-state index contributed by atoms with van der Waals surface area (Å²) in [4.78, 5) is 109. The number of phenolic OH excluding ortho intramolecular Hbond substituents is 1. The fraction of sp³-hybridized carbons (Fsp3) is 0.571. The highest BCUT2D eigenvalue weighted by molar-refractivity contribution is 5.95. The first-order valence-corrected chi connectivity index (χ1v) is 26.4. The number of phenols is 1. The molecule has 1 aliphatic heterocycles. The second kappa shape index (κ2) is 32.7. The molecular weight excluding hydrogens is 979 g/mol. The van der Waals surface area contributed by atoms with Gasteiger partial charge in [0, 0.05) is 26.0 Å². The van der Waals surface area contributed by atoms with Crippen molar-refractivity contribution in [2.45, 2.75) is 167 Å². The molecule has 0 radical (unpaired) electrons. The van der Waals surface area contributed by atoms with Crippen LogP contribution >= 0.6 is 0 Å². The molecule has 1 aliphatic rings. The molecule has 0 fully saturated rings. The molecule has 0 bridgehead atoms. The predicted octanol–water partition coefficient (Wildman–Crippen LogP) is 2.41. The topological polar surface area (TPSA) is 302 Å². The molecule has 20 nitrogen and oxygen atoms in total. The molecule has 20 heteroatoms. The van der Waals surface area contributed by atoms with E-state index < -0.39 is 134 Å². The zero-order valence-corrected chi connectivity index (χ0v) is 45.3. The highest BCUT2D eigenvalue weighted by atomic mass is 16.5. The number of nitrogens with one attached hydrogen (secondary N) is 6. The number of ether oxygens (including phenoxy) is 1. The molecule has 0 aliphatic carbocycles. The van der Waals surface area contributed by atoms with E-state index in [4.69, 9.17) is 4.74 Å². The van der Waals surface area contributed by atoms with Crippen LogP contribution in [0.5, 0.6) is 5.75 Å². The standard InChI is InChI=1S/C56H83N7O13/c1-9-10-11-12-13-14-18-21-46(68)58-41(28-37-19-16-15-17-20-37)44(66)30-48(70)62-51(35(4)5)54(73)59-42(32-64)45(67)31-49(71)61-50(34(2)3)53(72)57-39-24-27-47(69)60-52(36(6)7)55(74)63(8)43(56(75)76-33-39)29-38-22-25-40(65)26-23-38/h14-20,22-27,34-36,39,41-45,50-52,64-67H,9-13,21,28-33H2,1-8H3,(H,57,72)(H,58,68)(H,59,73)(H,60,69)(H,61,71)(H,62,70)/b18-14-,27-24?/t39-,41+,42+,43+,44+,45+,50+,51+,52+/m1/s1. The van der Waals surface area contributed by atoms with Crippen molar-refractivity contribution in [3.63, 3.8) is 0 Å². The number of hydrogen-bond donors (Lipinski definition) is 10. The summed E-state index contributed by atoms with van der Waals surface area (Å²) in [5, 5.41) is 58.5. The molecule has 10 N–H and O–H groups in total. The lowest BCUT2D eigenvalue weighted by Crippen LogP contribution is -2.57. The van der Waals surface area contributed by atoms with Gasteiger partial charge in [-0.25, -0.2) is 4.79 Å². The van der Waals surface area contributed by atoms with Crippen molar-refractivity contribution in [2.24, 2.45) is 17.8 Å². The number of aliphatic hydroxyl groups is 3. The van der Waals surface area contributed by atoms with E-state index in [1.54, 1.807) is 59.8 Å². The molecule has 0 spiro atoms. The van der Waals surface area contributed by atoms with Gasteiger partial charge in [0.2, 0.25) is 41.4 Å². The van der Waals surface area contributed by atoms with E-state index in [1.807, 2.05) is 36.4 Å². The highest BCUT2D eigenvalue weighted by Gasteiger charge is 2.37. The largest absolute Gasteiger partial charge is 0.508 e. The van der Waals surface area contributed by atoms with Crippen LogP contribution in [0.25, 0.3) is 0 Å². The molecule has 9 atom stereocenters. The second-order valence-corrected chi connectivity index (χ2v) is 20.5. The maximum Gasteiger partial charge on any atom is 0.329 e. The van der Waals surface area contributed by atoms with Crippen LogP contribution in [0.4, 0.5) is 0 Å². The van der Waals surface area contributed by atoms with Crippen molar-refractivity contribution in [1.29, 1.82) is 0 Å². The minimum absolute atomic E-state index is 0.00171. The van der Waals surface area contributed by atoms with Gasteiger partial charge < -0.3 is 62.0 Å². The number of carbonyl (C=O) groups excluding carboxylic acids is 8. The third-order valence-electron chi connectivity index (χ3n) is 13.0. The van der Waals surface area contributed by atoms with Gasteiger partial charge in [0.05, 0.1) is 49.8 Å². The Balaban J connectivity index is 1.67. The zero-order valence-electron chi connectivity index (χ0n) is 45.3. The molecule has 0 unspecified atom stereocenters. The van der Waals surface area contributed by atoms with Crippen LogP contribution in [0.2, 0.25) is 0 Å². The molecule has 3 rings (SSSR count). The van der Waals surface area contributed by atoms with E-state index in [0.29, 0.717) is 5.56 Å². The average Bonchev–Trinajstić information content (AvgIpc) is 3.37. The molecule has 1 heterocycles. The average molecular weight is 1060 g/mol. The van der Waals surface area contributed by atoms with Crippen molar-refractivity contribution in [3.05, 3.63) is 90.0 Å². The van der Waals surface area contributed by atoms with Gasteiger partial charge in [0.25, 0.3) is 0 Å². The predicted molar refractivity (Wildman–Crippen MR) is 286 cm³/mol. The number of benzene rings is 2. The summed E-state index contributed by atoms with van der Waals surface area (Å²) in [6.45, 7) is 10.9. The minimum atomic E-state index is -1.69. The highest BCUT2D eigenvalue weighted by Crippen LogP contribution is 2.18. The molecule has 2 aromatic rings. The van der Waals surface area contributed by atoms with Crippen molar-refractivity contribution in [3.8, 4) is 5.75 Å². The van der Waals surface area contributed by atoms with Gasteiger partial charge >= 0.3 is 5.97 Å². The Morgan fingerprint density at radius 3 is 1.93 bits per heavy atom. The SMILES string of the molecule is CCCCCC/C=C\CC(=O)N[C@@H](Cc1ccccc1)[C@@H](O)CC(=O)N[C@H](C(=O)N[C@@H](CO)[C@@H](O)CC(=O)N[C@H](C(=O)N[C@@H]1C=CC(=O)N[C@@H](C(C)C)C(=O)N(C)[C@@H](Cc2ccc(O)cc2)C(=O)OC1)C(C)C)C(C)C. The summed E-state index contributed by atoms with van der Waals surface area (Å²) < 4.78 is 5.66. The lowest BCUT2D eigenvalue weighted by atomic mass is 9.97. The molecule has 2 aromatic carbocycles. The Morgan fingerprint density at radius 1 is 0.750 bits per heavy atom. The Labute approximate surface area is 447 Å². The van der Waals surface area contributed by atoms with E-state index in [1.165, 1.54) is 30.2 Å².